The van der Waals surface area contributed by atoms with Gasteiger partial charge in [-0.05, 0) is 5.92 Å². The number of esters is 1. The average molecular weight is 141 g/mol. The van der Waals surface area contributed by atoms with Crippen LogP contribution < -0.4 is 0 Å². The smallest absolute Gasteiger partial charge is 0.310 e. The molecule has 0 aliphatic rings. The van der Waals surface area contributed by atoms with Crippen LogP contribution in [0.3, 0.4) is 0 Å². The van der Waals surface area contributed by atoms with E-state index < -0.39 is 0 Å². The van der Waals surface area contributed by atoms with Crippen LogP contribution in [0.5, 0.6) is 0 Å². The first-order chi connectivity index (χ1) is 4.66. The van der Waals surface area contributed by atoms with Crippen LogP contribution in [0.25, 0.3) is 0 Å². The minimum atomic E-state index is -0.269. The standard InChI is InChI=1S/C8H13O2/c1-4-5-10-8(9)6-7(2)3/h4,6-7H,1,5H2,2-3H3. The lowest BCUT2D eigenvalue weighted by Crippen LogP contribution is -2.08. The maximum Gasteiger partial charge on any atom is 0.310 e. The molecule has 2 nitrogen and oxygen atoms in total. The summed E-state index contributed by atoms with van der Waals surface area (Å²) >= 11 is 0. The van der Waals surface area contributed by atoms with Gasteiger partial charge in [-0.25, -0.2) is 0 Å². The molecule has 0 aliphatic heterocycles. The van der Waals surface area contributed by atoms with Gasteiger partial charge in [0, 0.05) is 0 Å². The minimum Gasteiger partial charge on any atom is -0.461 e. The molecule has 0 aliphatic carbocycles. The number of ether oxygens (including phenoxy) is 1. The van der Waals surface area contributed by atoms with E-state index in [1.807, 2.05) is 13.8 Å². The molecular formula is C8H13O2. The van der Waals surface area contributed by atoms with E-state index in [1.165, 1.54) is 6.42 Å². The summed E-state index contributed by atoms with van der Waals surface area (Å²) in [6, 6.07) is 0. The third kappa shape index (κ3) is 5.35. The lowest BCUT2D eigenvalue weighted by atomic mass is 10.1. The Hall–Kier alpha value is -0.790. The van der Waals surface area contributed by atoms with Crippen molar-refractivity contribution in [3.8, 4) is 0 Å². The lowest BCUT2D eigenvalue weighted by molar-refractivity contribution is -0.138. The van der Waals surface area contributed by atoms with E-state index in [2.05, 4.69) is 11.3 Å². The highest BCUT2D eigenvalue weighted by atomic mass is 16.5. The van der Waals surface area contributed by atoms with Crippen molar-refractivity contribution in [1.82, 2.24) is 0 Å². The largest absolute Gasteiger partial charge is 0.461 e. The van der Waals surface area contributed by atoms with Gasteiger partial charge >= 0.3 is 5.97 Å². The van der Waals surface area contributed by atoms with Gasteiger partial charge in [0.15, 0.2) is 0 Å². The molecule has 1 radical (unpaired) electrons. The summed E-state index contributed by atoms with van der Waals surface area (Å²) in [6.07, 6.45) is 3.08. The lowest BCUT2D eigenvalue weighted by Gasteiger charge is -2.02. The van der Waals surface area contributed by atoms with Gasteiger partial charge in [0.1, 0.15) is 6.61 Å². The maximum absolute atomic E-state index is 10.7. The number of carbonyl (C=O) groups excluding carboxylic acids is 1. The highest BCUT2D eigenvalue weighted by molar-refractivity contribution is 5.79. The van der Waals surface area contributed by atoms with Gasteiger partial charge in [0.25, 0.3) is 0 Å². The monoisotopic (exact) mass is 141 g/mol. The average Bonchev–Trinajstić information content (AvgIpc) is 1.82. The first-order valence-corrected chi connectivity index (χ1v) is 3.29. The maximum atomic E-state index is 10.7. The van der Waals surface area contributed by atoms with Gasteiger partial charge in [-0.1, -0.05) is 26.5 Å². The summed E-state index contributed by atoms with van der Waals surface area (Å²) < 4.78 is 4.69. The molecule has 0 saturated heterocycles. The van der Waals surface area contributed by atoms with Crippen molar-refractivity contribution in [2.75, 3.05) is 6.61 Å². The second kappa shape index (κ2) is 5.03. The molecule has 0 fully saturated rings. The van der Waals surface area contributed by atoms with Crippen LogP contribution >= 0.6 is 0 Å². The Bertz CT molecular complexity index is 116. The SMILES string of the molecule is C=CCOC(=O)[CH]C(C)C. The van der Waals surface area contributed by atoms with Gasteiger partial charge < -0.3 is 4.74 Å². The zero-order chi connectivity index (χ0) is 7.98. The fourth-order valence-corrected chi connectivity index (χ4v) is 0.461. The van der Waals surface area contributed by atoms with E-state index >= 15 is 0 Å². The van der Waals surface area contributed by atoms with Gasteiger partial charge in [-0.2, -0.15) is 0 Å². The van der Waals surface area contributed by atoms with Crippen molar-refractivity contribution in [2.24, 2.45) is 5.92 Å². The predicted octanol–water partition coefficient (Wildman–Crippen LogP) is 1.58. The van der Waals surface area contributed by atoms with Gasteiger partial charge in [-0.3, -0.25) is 4.79 Å². The molecule has 0 N–H and O–H groups in total. The first kappa shape index (κ1) is 9.21. The van der Waals surface area contributed by atoms with E-state index in [-0.39, 0.29) is 11.9 Å². The van der Waals surface area contributed by atoms with E-state index in [0.717, 1.165) is 0 Å². The second-order valence-corrected chi connectivity index (χ2v) is 2.33. The topological polar surface area (TPSA) is 26.3 Å². The van der Waals surface area contributed by atoms with E-state index in [0.29, 0.717) is 6.61 Å². The Morgan fingerprint density at radius 2 is 2.30 bits per heavy atom. The molecule has 57 valence electrons. The van der Waals surface area contributed by atoms with E-state index in [4.69, 9.17) is 0 Å². The first-order valence-electron chi connectivity index (χ1n) is 3.29. The minimum absolute atomic E-state index is 0.248. The Morgan fingerprint density at radius 3 is 2.70 bits per heavy atom. The van der Waals surface area contributed by atoms with Crippen LogP contribution in [-0.2, 0) is 9.53 Å². The molecule has 0 aromatic rings. The molecule has 0 bridgehead atoms. The fourth-order valence-electron chi connectivity index (χ4n) is 0.461. The summed E-state index contributed by atoms with van der Waals surface area (Å²) in [4.78, 5) is 10.7. The zero-order valence-electron chi connectivity index (χ0n) is 6.46. The summed E-state index contributed by atoms with van der Waals surface area (Å²) in [5.74, 6) is -0.0211. The molecule has 0 spiro atoms. The Kier molecular flexibility index (Phi) is 4.63. The number of rotatable bonds is 4. The van der Waals surface area contributed by atoms with Crippen molar-refractivity contribution in [1.29, 1.82) is 0 Å². The van der Waals surface area contributed by atoms with Crippen LogP contribution in [0.4, 0.5) is 0 Å². The number of hydrogen-bond donors (Lipinski definition) is 0. The summed E-state index contributed by atoms with van der Waals surface area (Å²) in [6.45, 7) is 7.57. The van der Waals surface area contributed by atoms with Crippen LogP contribution in [-0.4, -0.2) is 12.6 Å². The van der Waals surface area contributed by atoms with Crippen molar-refractivity contribution in [3.05, 3.63) is 19.1 Å². The third-order valence-electron chi connectivity index (χ3n) is 0.813. The van der Waals surface area contributed by atoms with Crippen molar-refractivity contribution in [2.45, 2.75) is 13.8 Å². The Labute approximate surface area is 61.9 Å². The molecular weight excluding hydrogens is 128 g/mol. The van der Waals surface area contributed by atoms with Crippen LogP contribution in [0.15, 0.2) is 12.7 Å². The van der Waals surface area contributed by atoms with E-state index in [9.17, 15) is 4.79 Å². The van der Waals surface area contributed by atoms with Crippen molar-refractivity contribution < 1.29 is 9.53 Å². The molecule has 0 aromatic heterocycles. The van der Waals surface area contributed by atoms with Crippen LogP contribution in [0.2, 0.25) is 0 Å². The molecule has 10 heavy (non-hydrogen) atoms. The number of carbonyl (C=O) groups is 1. The fraction of sp³-hybridized carbons (Fsp3) is 0.500. The molecule has 2 heteroatoms. The van der Waals surface area contributed by atoms with E-state index in [1.54, 1.807) is 6.08 Å². The summed E-state index contributed by atoms with van der Waals surface area (Å²) in [5.41, 5.74) is 0. The Morgan fingerprint density at radius 1 is 1.70 bits per heavy atom. The number of hydrogen-bond acceptors (Lipinski definition) is 2. The van der Waals surface area contributed by atoms with Crippen LogP contribution in [0, 0.1) is 12.3 Å². The summed E-state index contributed by atoms with van der Waals surface area (Å²) in [7, 11) is 0. The highest BCUT2D eigenvalue weighted by Crippen LogP contribution is 1.98. The third-order valence-corrected chi connectivity index (χ3v) is 0.813. The predicted molar refractivity (Wildman–Crippen MR) is 40.3 cm³/mol. The molecule has 0 unspecified atom stereocenters. The van der Waals surface area contributed by atoms with Gasteiger partial charge in [0.2, 0.25) is 0 Å². The summed E-state index contributed by atoms with van der Waals surface area (Å²) in [5, 5.41) is 0. The normalized spacial score (nSPS) is 9.50. The molecule has 0 amide bonds. The van der Waals surface area contributed by atoms with Gasteiger partial charge in [-0.15, -0.1) is 0 Å². The Balaban J connectivity index is 3.34. The highest BCUT2D eigenvalue weighted by Gasteiger charge is 2.04. The molecule has 0 aromatic carbocycles. The van der Waals surface area contributed by atoms with Crippen molar-refractivity contribution >= 4 is 5.97 Å². The molecule has 0 atom stereocenters. The second-order valence-electron chi connectivity index (χ2n) is 2.33. The quantitative estimate of drug-likeness (QED) is 0.439. The van der Waals surface area contributed by atoms with Crippen LogP contribution in [0.1, 0.15) is 13.8 Å². The van der Waals surface area contributed by atoms with Gasteiger partial charge in [0.05, 0.1) is 6.42 Å². The molecule has 0 saturated carbocycles. The molecule has 0 rings (SSSR count). The van der Waals surface area contributed by atoms with Crippen molar-refractivity contribution in [3.63, 3.8) is 0 Å². The molecule has 0 heterocycles. The zero-order valence-corrected chi connectivity index (χ0v) is 6.46.